The van der Waals surface area contributed by atoms with Gasteiger partial charge in [-0.05, 0) is 58.0 Å². The SMILES string of the molecule is CCN(C)c1ccc(C(=O)NCC(C)(O)c2cc(C)oc2C)cc1. The van der Waals surface area contributed by atoms with Crippen LogP contribution in [0.4, 0.5) is 5.69 Å². The molecule has 5 nitrogen and oxygen atoms in total. The van der Waals surface area contributed by atoms with Gasteiger partial charge in [0.15, 0.2) is 0 Å². The van der Waals surface area contributed by atoms with E-state index >= 15 is 0 Å². The minimum Gasteiger partial charge on any atom is -0.466 e. The number of hydrogen-bond acceptors (Lipinski definition) is 4. The van der Waals surface area contributed by atoms with Gasteiger partial charge in [0, 0.05) is 30.4 Å². The van der Waals surface area contributed by atoms with E-state index in [9.17, 15) is 9.90 Å². The Labute approximate surface area is 143 Å². The molecule has 1 amide bonds. The summed E-state index contributed by atoms with van der Waals surface area (Å²) in [5.74, 6) is 1.20. The first-order chi connectivity index (χ1) is 11.2. The van der Waals surface area contributed by atoms with E-state index in [0.717, 1.165) is 18.0 Å². The molecule has 2 rings (SSSR count). The minimum atomic E-state index is -1.18. The summed E-state index contributed by atoms with van der Waals surface area (Å²) in [6.07, 6.45) is 0. The van der Waals surface area contributed by atoms with Crippen LogP contribution in [0.3, 0.4) is 0 Å². The predicted molar refractivity (Wildman–Crippen MR) is 95.5 cm³/mol. The van der Waals surface area contributed by atoms with E-state index in [0.29, 0.717) is 16.9 Å². The highest BCUT2D eigenvalue weighted by Gasteiger charge is 2.28. The van der Waals surface area contributed by atoms with Crippen LogP contribution in [-0.2, 0) is 5.60 Å². The molecule has 0 spiro atoms. The fourth-order valence-electron chi connectivity index (χ4n) is 2.67. The lowest BCUT2D eigenvalue weighted by molar-refractivity contribution is 0.0514. The second-order valence-electron chi connectivity index (χ2n) is 6.34. The number of nitrogens with one attached hydrogen (secondary N) is 1. The Morgan fingerprint density at radius 2 is 1.92 bits per heavy atom. The Hall–Kier alpha value is -2.27. The maximum Gasteiger partial charge on any atom is 0.251 e. The van der Waals surface area contributed by atoms with Crippen LogP contribution < -0.4 is 10.2 Å². The minimum absolute atomic E-state index is 0.113. The number of aryl methyl sites for hydroxylation is 2. The maximum atomic E-state index is 12.3. The van der Waals surface area contributed by atoms with Gasteiger partial charge in [-0.25, -0.2) is 0 Å². The summed E-state index contributed by atoms with van der Waals surface area (Å²) in [6.45, 7) is 8.40. The molecule has 2 aromatic rings. The standard InChI is InChI=1S/C19H26N2O3/c1-6-21(5)16-9-7-15(8-10-16)18(22)20-12-19(4,23)17-11-13(2)24-14(17)3/h7-11,23H,6,12H2,1-5H3,(H,20,22). The predicted octanol–water partition coefficient (Wildman–Crippen LogP) is 2.99. The fraction of sp³-hybridized carbons (Fsp3) is 0.421. The number of furan rings is 1. The lowest BCUT2D eigenvalue weighted by atomic mass is 9.96. The van der Waals surface area contributed by atoms with E-state index in [4.69, 9.17) is 4.42 Å². The van der Waals surface area contributed by atoms with Crippen molar-refractivity contribution >= 4 is 11.6 Å². The van der Waals surface area contributed by atoms with Crippen molar-refractivity contribution in [1.29, 1.82) is 0 Å². The number of rotatable bonds is 6. The molecule has 0 saturated heterocycles. The zero-order chi connectivity index (χ0) is 17.9. The van der Waals surface area contributed by atoms with E-state index in [1.807, 2.05) is 33.0 Å². The molecule has 0 aliphatic rings. The van der Waals surface area contributed by atoms with Crippen LogP contribution in [0.1, 0.15) is 41.3 Å². The monoisotopic (exact) mass is 330 g/mol. The van der Waals surface area contributed by atoms with Gasteiger partial charge in [-0.3, -0.25) is 4.79 Å². The molecule has 1 aromatic heterocycles. The number of hydrogen-bond donors (Lipinski definition) is 2. The Kier molecular flexibility index (Phi) is 5.34. The zero-order valence-electron chi connectivity index (χ0n) is 15.0. The van der Waals surface area contributed by atoms with Crippen molar-refractivity contribution in [3.8, 4) is 0 Å². The number of aliphatic hydroxyl groups is 1. The summed E-state index contributed by atoms with van der Waals surface area (Å²) in [6, 6.07) is 9.22. The van der Waals surface area contributed by atoms with Crippen molar-refractivity contribution in [2.45, 2.75) is 33.3 Å². The smallest absolute Gasteiger partial charge is 0.251 e. The summed E-state index contributed by atoms with van der Waals surface area (Å²) in [4.78, 5) is 14.4. The van der Waals surface area contributed by atoms with Gasteiger partial charge in [0.25, 0.3) is 5.91 Å². The summed E-state index contributed by atoms with van der Waals surface area (Å²) in [7, 11) is 2.00. The van der Waals surface area contributed by atoms with E-state index in [2.05, 4.69) is 17.1 Å². The van der Waals surface area contributed by atoms with Crippen molar-refractivity contribution in [3.63, 3.8) is 0 Å². The zero-order valence-corrected chi connectivity index (χ0v) is 15.0. The molecule has 130 valence electrons. The van der Waals surface area contributed by atoms with E-state index < -0.39 is 5.60 Å². The molecule has 2 N–H and O–H groups in total. The number of anilines is 1. The molecular weight excluding hydrogens is 304 g/mol. The molecule has 0 radical (unpaired) electrons. The Morgan fingerprint density at radius 1 is 1.29 bits per heavy atom. The highest BCUT2D eigenvalue weighted by Crippen LogP contribution is 2.26. The van der Waals surface area contributed by atoms with Gasteiger partial charge in [0.2, 0.25) is 0 Å². The lowest BCUT2D eigenvalue weighted by Gasteiger charge is -2.23. The second kappa shape index (κ2) is 7.09. The molecule has 5 heteroatoms. The number of benzene rings is 1. The first-order valence-corrected chi connectivity index (χ1v) is 8.14. The molecule has 24 heavy (non-hydrogen) atoms. The number of carbonyl (C=O) groups excluding carboxylic acids is 1. The van der Waals surface area contributed by atoms with Gasteiger partial charge in [-0.1, -0.05) is 0 Å². The van der Waals surface area contributed by atoms with Crippen molar-refractivity contribution in [2.75, 3.05) is 25.0 Å². The first-order valence-electron chi connectivity index (χ1n) is 8.14. The van der Waals surface area contributed by atoms with Crippen LogP contribution in [-0.4, -0.2) is 31.2 Å². The third-order valence-corrected chi connectivity index (χ3v) is 4.26. The molecule has 0 bridgehead atoms. The van der Waals surface area contributed by atoms with Gasteiger partial charge < -0.3 is 19.7 Å². The Morgan fingerprint density at radius 3 is 2.42 bits per heavy atom. The summed E-state index contributed by atoms with van der Waals surface area (Å²) in [5, 5.41) is 13.4. The second-order valence-corrected chi connectivity index (χ2v) is 6.34. The quantitative estimate of drug-likeness (QED) is 0.854. The normalized spacial score (nSPS) is 13.4. The topological polar surface area (TPSA) is 65.7 Å². The molecule has 0 saturated carbocycles. The van der Waals surface area contributed by atoms with Crippen LogP contribution in [0.25, 0.3) is 0 Å². The van der Waals surface area contributed by atoms with Crippen molar-refractivity contribution < 1.29 is 14.3 Å². The molecule has 1 atom stereocenters. The number of carbonyl (C=O) groups is 1. The average Bonchev–Trinajstić information content (AvgIpc) is 2.91. The summed E-state index contributed by atoms with van der Waals surface area (Å²) in [5.41, 5.74) is 1.14. The third-order valence-electron chi connectivity index (χ3n) is 4.26. The van der Waals surface area contributed by atoms with Crippen molar-refractivity contribution in [3.05, 3.63) is 53.0 Å². The van der Waals surface area contributed by atoms with Gasteiger partial charge in [-0.15, -0.1) is 0 Å². The lowest BCUT2D eigenvalue weighted by Crippen LogP contribution is -2.38. The Balaban J connectivity index is 2.03. The van der Waals surface area contributed by atoms with Gasteiger partial charge in [-0.2, -0.15) is 0 Å². The molecule has 0 aliphatic heterocycles. The van der Waals surface area contributed by atoms with Crippen LogP contribution >= 0.6 is 0 Å². The summed E-state index contributed by atoms with van der Waals surface area (Å²) < 4.78 is 5.46. The highest BCUT2D eigenvalue weighted by molar-refractivity contribution is 5.94. The van der Waals surface area contributed by atoms with Crippen LogP contribution in [0, 0.1) is 13.8 Å². The molecule has 1 heterocycles. The largest absolute Gasteiger partial charge is 0.466 e. The maximum absolute atomic E-state index is 12.3. The van der Waals surface area contributed by atoms with Crippen molar-refractivity contribution in [1.82, 2.24) is 5.32 Å². The van der Waals surface area contributed by atoms with Crippen LogP contribution in [0.15, 0.2) is 34.7 Å². The van der Waals surface area contributed by atoms with E-state index in [1.165, 1.54) is 0 Å². The molecule has 0 fully saturated rings. The van der Waals surface area contributed by atoms with E-state index in [1.54, 1.807) is 25.1 Å². The average molecular weight is 330 g/mol. The molecular formula is C19H26N2O3. The van der Waals surface area contributed by atoms with Gasteiger partial charge in [0.05, 0.1) is 6.54 Å². The van der Waals surface area contributed by atoms with Gasteiger partial charge in [0.1, 0.15) is 17.1 Å². The van der Waals surface area contributed by atoms with Crippen LogP contribution in [0.2, 0.25) is 0 Å². The molecule has 1 aromatic carbocycles. The fourth-order valence-corrected chi connectivity index (χ4v) is 2.67. The highest BCUT2D eigenvalue weighted by atomic mass is 16.3. The molecule has 0 aliphatic carbocycles. The van der Waals surface area contributed by atoms with Gasteiger partial charge >= 0.3 is 0 Å². The number of nitrogens with zero attached hydrogens (tertiary/aromatic N) is 1. The van der Waals surface area contributed by atoms with E-state index in [-0.39, 0.29) is 12.5 Å². The Bertz CT molecular complexity index is 702. The summed E-state index contributed by atoms with van der Waals surface area (Å²) >= 11 is 0. The first kappa shape index (κ1) is 18.1. The number of amides is 1. The van der Waals surface area contributed by atoms with Crippen LogP contribution in [0.5, 0.6) is 0 Å². The third kappa shape index (κ3) is 3.97. The molecule has 1 unspecified atom stereocenters. The van der Waals surface area contributed by atoms with Crippen molar-refractivity contribution in [2.24, 2.45) is 0 Å².